The molecule has 2 aromatic rings. The molecule has 0 aliphatic carbocycles. The van der Waals surface area contributed by atoms with Gasteiger partial charge in [0, 0.05) is 17.3 Å². The monoisotopic (exact) mass is 376 g/mol. The second kappa shape index (κ2) is 9.46. The van der Waals surface area contributed by atoms with Crippen LogP contribution >= 0.6 is 11.6 Å². The van der Waals surface area contributed by atoms with E-state index in [0.717, 1.165) is 18.5 Å². The number of nitrogens with zero attached hydrogens (tertiary/aromatic N) is 1. The fourth-order valence-corrected chi connectivity index (χ4v) is 2.74. The van der Waals surface area contributed by atoms with Gasteiger partial charge in [0.05, 0.1) is 20.3 Å². The minimum absolute atomic E-state index is 0.0675. The Morgan fingerprint density at radius 2 is 1.88 bits per heavy atom. The summed E-state index contributed by atoms with van der Waals surface area (Å²) in [6.45, 7) is 2.62. The predicted octanol–water partition coefficient (Wildman–Crippen LogP) is 3.86. The minimum Gasteiger partial charge on any atom is -0.493 e. The van der Waals surface area contributed by atoms with Crippen LogP contribution in [-0.4, -0.2) is 44.7 Å². The standard InChI is InChI=1S/C20H25ClN2O3/c1-14(20(24)22-17-7-5-6-16(21)13-17)23(2)11-10-15-8-9-18(25-3)19(12-15)26-4/h5-9,12-14H,10-11H2,1-4H3,(H,22,24)/t14-/m1/s1. The number of methoxy groups -OCH3 is 2. The zero-order valence-electron chi connectivity index (χ0n) is 15.6. The molecule has 0 spiro atoms. The molecule has 26 heavy (non-hydrogen) atoms. The van der Waals surface area contributed by atoms with Gasteiger partial charge in [0.15, 0.2) is 11.5 Å². The average Bonchev–Trinajstić information content (AvgIpc) is 2.65. The summed E-state index contributed by atoms with van der Waals surface area (Å²) in [5.41, 5.74) is 1.82. The molecule has 2 aromatic carbocycles. The van der Waals surface area contributed by atoms with Crippen molar-refractivity contribution in [2.75, 3.05) is 33.1 Å². The number of likely N-dealkylation sites (N-methyl/N-ethyl adjacent to an activating group) is 1. The molecular weight excluding hydrogens is 352 g/mol. The molecule has 0 saturated carbocycles. The van der Waals surface area contributed by atoms with E-state index in [-0.39, 0.29) is 11.9 Å². The molecule has 6 heteroatoms. The first kappa shape index (κ1) is 20.1. The number of carbonyl (C=O) groups is 1. The van der Waals surface area contributed by atoms with Gasteiger partial charge in [-0.1, -0.05) is 23.7 Å². The Hall–Kier alpha value is -2.24. The Kier molecular flexibility index (Phi) is 7.30. The van der Waals surface area contributed by atoms with Crippen molar-refractivity contribution in [3.8, 4) is 11.5 Å². The Labute approximate surface area is 159 Å². The lowest BCUT2D eigenvalue weighted by Crippen LogP contribution is -2.40. The van der Waals surface area contributed by atoms with Gasteiger partial charge >= 0.3 is 0 Å². The molecule has 1 amide bonds. The lowest BCUT2D eigenvalue weighted by Gasteiger charge is -2.24. The van der Waals surface area contributed by atoms with Gasteiger partial charge in [0.25, 0.3) is 0 Å². The van der Waals surface area contributed by atoms with Gasteiger partial charge in [-0.3, -0.25) is 9.69 Å². The van der Waals surface area contributed by atoms with Crippen molar-refractivity contribution < 1.29 is 14.3 Å². The molecular formula is C20H25ClN2O3. The highest BCUT2D eigenvalue weighted by Crippen LogP contribution is 2.27. The Bertz CT molecular complexity index is 752. The van der Waals surface area contributed by atoms with Crippen LogP contribution in [-0.2, 0) is 11.2 Å². The molecule has 2 rings (SSSR count). The van der Waals surface area contributed by atoms with Crippen molar-refractivity contribution in [1.29, 1.82) is 0 Å². The third kappa shape index (κ3) is 5.38. The number of nitrogens with one attached hydrogen (secondary N) is 1. The zero-order chi connectivity index (χ0) is 19.1. The third-order valence-electron chi connectivity index (χ3n) is 4.33. The first-order valence-corrected chi connectivity index (χ1v) is 8.80. The fraction of sp³-hybridized carbons (Fsp3) is 0.350. The van der Waals surface area contributed by atoms with Crippen LogP contribution in [0.25, 0.3) is 0 Å². The van der Waals surface area contributed by atoms with Crippen molar-refractivity contribution >= 4 is 23.2 Å². The van der Waals surface area contributed by atoms with Crippen LogP contribution in [0.4, 0.5) is 5.69 Å². The van der Waals surface area contributed by atoms with Crippen LogP contribution in [0.5, 0.6) is 11.5 Å². The summed E-state index contributed by atoms with van der Waals surface area (Å²) in [6.07, 6.45) is 0.797. The second-order valence-electron chi connectivity index (χ2n) is 6.10. The Balaban J connectivity index is 1.92. The molecule has 0 fully saturated rings. The highest BCUT2D eigenvalue weighted by atomic mass is 35.5. The first-order chi connectivity index (χ1) is 12.4. The third-order valence-corrected chi connectivity index (χ3v) is 4.57. The predicted molar refractivity (Wildman–Crippen MR) is 105 cm³/mol. The number of rotatable bonds is 8. The van der Waals surface area contributed by atoms with Crippen molar-refractivity contribution in [2.45, 2.75) is 19.4 Å². The summed E-state index contributed by atoms with van der Waals surface area (Å²) in [4.78, 5) is 14.4. The number of hydrogen-bond acceptors (Lipinski definition) is 4. The van der Waals surface area contributed by atoms with Crippen LogP contribution in [0.2, 0.25) is 5.02 Å². The molecule has 0 heterocycles. The van der Waals surface area contributed by atoms with Crippen LogP contribution in [0.1, 0.15) is 12.5 Å². The van der Waals surface area contributed by atoms with Gasteiger partial charge in [-0.05, 0) is 56.3 Å². The van der Waals surface area contributed by atoms with E-state index in [0.29, 0.717) is 22.2 Å². The summed E-state index contributed by atoms with van der Waals surface area (Å²) >= 11 is 5.95. The fourth-order valence-electron chi connectivity index (χ4n) is 2.55. The van der Waals surface area contributed by atoms with Gasteiger partial charge < -0.3 is 14.8 Å². The van der Waals surface area contributed by atoms with E-state index in [1.54, 1.807) is 26.4 Å². The number of carbonyl (C=O) groups excluding carboxylic acids is 1. The van der Waals surface area contributed by atoms with Crippen LogP contribution in [0.15, 0.2) is 42.5 Å². The maximum Gasteiger partial charge on any atom is 0.241 e. The van der Waals surface area contributed by atoms with Gasteiger partial charge in [-0.25, -0.2) is 0 Å². The summed E-state index contributed by atoms with van der Waals surface area (Å²) in [6, 6.07) is 12.7. The normalized spacial score (nSPS) is 11.9. The van der Waals surface area contributed by atoms with Crippen LogP contribution in [0.3, 0.4) is 0 Å². The summed E-state index contributed by atoms with van der Waals surface area (Å²) in [5, 5.41) is 3.49. The second-order valence-corrected chi connectivity index (χ2v) is 6.53. The summed E-state index contributed by atoms with van der Waals surface area (Å²) < 4.78 is 10.6. The molecule has 0 unspecified atom stereocenters. The number of benzene rings is 2. The van der Waals surface area contributed by atoms with Gasteiger partial charge in [0.2, 0.25) is 5.91 Å². The van der Waals surface area contributed by atoms with Crippen molar-refractivity contribution in [3.63, 3.8) is 0 Å². The Morgan fingerprint density at radius 1 is 1.15 bits per heavy atom. The van der Waals surface area contributed by atoms with Crippen molar-refractivity contribution in [3.05, 3.63) is 53.1 Å². The lowest BCUT2D eigenvalue weighted by molar-refractivity contribution is -0.120. The van der Waals surface area contributed by atoms with E-state index in [4.69, 9.17) is 21.1 Å². The number of hydrogen-bond donors (Lipinski definition) is 1. The van der Waals surface area contributed by atoms with Gasteiger partial charge in [-0.2, -0.15) is 0 Å². The molecule has 0 aliphatic heterocycles. The molecule has 1 N–H and O–H groups in total. The van der Waals surface area contributed by atoms with E-state index >= 15 is 0 Å². The maximum atomic E-state index is 12.4. The molecule has 0 saturated heterocycles. The topological polar surface area (TPSA) is 50.8 Å². The minimum atomic E-state index is -0.269. The molecule has 0 aliphatic rings. The number of anilines is 1. The molecule has 1 atom stereocenters. The highest BCUT2D eigenvalue weighted by Gasteiger charge is 2.18. The average molecular weight is 377 g/mol. The molecule has 140 valence electrons. The zero-order valence-corrected chi connectivity index (χ0v) is 16.3. The lowest BCUT2D eigenvalue weighted by atomic mass is 10.1. The molecule has 0 bridgehead atoms. The SMILES string of the molecule is COc1ccc(CCN(C)[C@H](C)C(=O)Nc2cccc(Cl)c2)cc1OC. The van der Waals surface area contributed by atoms with E-state index in [1.165, 1.54) is 0 Å². The number of ether oxygens (including phenoxy) is 2. The van der Waals surface area contributed by atoms with E-state index in [9.17, 15) is 4.79 Å². The van der Waals surface area contributed by atoms with Crippen molar-refractivity contribution in [2.24, 2.45) is 0 Å². The Morgan fingerprint density at radius 3 is 2.54 bits per heavy atom. The molecule has 0 radical (unpaired) electrons. The van der Waals surface area contributed by atoms with Crippen LogP contribution < -0.4 is 14.8 Å². The summed E-state index contributed by atoms with van der Waals surface area (Å²) in [7, 11) is 5.17. The smallest absolute Gasteiger partial charge is 0.241 e. The van der Waals surface area contributed by atoms with E-state index in [1.807, 2.05) is 49.2 Å². The van der Waals surface area contributed by atoms with Gasteiger partial charge in [0.1, 0.15) is 0 Å². The number of halogens is 1. The van der Waals surface area contributed by atoms with E-state index < -0.39 is 0 Å². The highest BCUT2D eigenvalue weighted by molar-refractivity contribution is 6.30. The van der Waals surface area contributed by atoms with Gasteiger partial charge in [-0.15, -0.1) is 0 Å². The first-order valence-electron chi connectivity index (χ1n) is 8.42. The largest absolute Gasteiger partial charge is 0.493 e. The maximum absolute atomic E-state index is 12.4. The quantitative estimate of drug-likeness (QED) is 0.760. The molecule has 0 aromatic heterocycles. The summed E-state index contributed by atoms with van der Waals surface area (Å²) in [5.74, 6) is 1.35. The molecule has 5 nitrogen and oxygen atoms in total. The van der Waals surface area contributed by atoms with Crippen LogP contribution in [0, 0.1) is 0 Å². The van der Waals surface area contributed by atoms with E-state index in [2.05, 4.69) is 5.32 Å². The number of amides is 1. The van der Waals surface area contributed by atoms with Crippen molar-refractivity contribution in [1.82, 2.24) is 4.90 Å².